The summed E-state index contributed by atoms with van der Waals surface area (Å²) in [6, 6.07) is 7.38. The fourth-order valence-corrected chi connectivity index (χ4v) is 3.53. The summed E-state index contributed by atoms with van der Waals surface area (Å²) in [7, 11) is 0. The van der Waals surface area contributed by atoms with Crippen LogP contribution >= 0.6 is 22.7 Å². The van der Waals surface area contributed by atoms with Gasteiger partial charge in [0.15, 0.2) is 10.8 Å². The third kappa shape index (κ3) is 7.32. The largest absolute Gasteiger partial charge is 1.00 e. The molecule has 0 radical (unpaired) electrons. The van der Waals surface area contributed by atoms with Crippen LogP contribution in [0.5, 0.6) is 0 Å². The van der Waals surface area contributed by atoms with Crippen LogP contribution in [0.1, 0.15) is 33.5 Å². The predicted molar refractivity (Wildman–Crippen MR) is 119 cm³/mol. The minimum absolute atomic E-state index is 0. The Morgan fingerprint density at radius 2 is 1.38 bits per heavy atom. The van der Waals surface area contributed by atoms with E-state index in [1.165, 1.54) is 29.6 Å². The van der Waals surface area contributed by atoms with Crippen LogP contribution in [-0.2, 0) is 4.74 Å². The number of rotatable bonds is 5. The number of nitrogens with zero attached hydrogens (tertiary/aromatic N) is 6. The summed E-state index contributed by atoms with van der Waals surface area (Å²) >= 11 is 2.48. The Balaban J connectivity index is 0.000000303. The van der Waals surface area contributed by atoms with Crippen LogP contribution in [0.15, 0.2) is 49.1 Å². The minimum atomic E-state index is -0.435. The number of hydrogen-bond donors (Lipinski definition) is 0. The van der Waals surface area contributed by atoms with Crippen LogP contribution in [0.4, 0.5) is 0 Å². The van der Waals surface area contributed by atoms with Crippen LogP contribution in [0.2, 0.25) is 0 Å². The van der Waals surface area contributed by atoms with Gasteiger partial charge >= 0.3 is 24.8 Å². The maximum absolute atomic E-state index is 11.4. The summed E-state index contributed by atoms with van der Waals surface area (Å²) in [5.41, 5.74) is 1.73. The molecule has 4 rings (SSSR count). The van der Waals surface area contributed by atoms with E-state index < -0.39 is 5.97 Å². The number of carbonyl (C=O) groups is 2. The quantitative estimate of drug-likeness (QED) is 0.185. The van der Waals surface area contributed by atoms with E-state index in [1.54, 1.807) is 37.8 Å². The fraction of sp³-hybridized carbons (Fsp3) is 0.150. The zero-order valence-electron chi connectivity index (χ0n) is 18.1. The molecule has 0 N–H and O–H groups in total. The molecule has 32 heavy (non-hydrogen) atoms. The molecule has 0 aromatic carbocycles. The summed E-state index contributed by atoms with van der Waals surface area (Å²) in [6.45, 7) is 3.56. The van der Waals surface area contributed by atoms with E-state index in [0.717, 1.165) is 16.1 Å². The van der Waals surface area contributed by atoms with Gasteiger partial charge in [-0.2, -0.15) is 0 Å². The topological polar surface area (TPSA) is 121 Å². The number of pyridine rings is 2. The molecule has 0 aliphatic heterocycles. The van der Waals surface area contributed by atoms with Crippen molar-refractivity contribution < 1.29 is 33.2 Å². The Bertz CT molecular complexity index is 1120. The first kappa shape index (κ1) is 27.1. The van der Waals surface area contributed by atoms with Gasteiger partial charge in [0.1, 0.15) is 10.0 Å². The van der Waals surface area contributed by atoms with Crippen LogP contribution in [-0.4, -0.2) is 48.7 Å². The second kappa shape index (κ2) is 13.4. The molecule has 0 fully saturated rings. The van der Waals surface area contributed by atoms with E-state index in [9.17, 15) is 9.59 Å². The van der Waals surface area contributed by atoms with Gasteiger partial charge in [0.2, 0.25) is 5.01 Å². The molecule has 4 aromatic rings. The number of hydrogen-bond acceptors (Lipinski definition) is 11. The number of ketones is 1. The Labute approximate surface area is 205 Å². The molecular weight excluding hydrogens is 443 g/mol. The second-order valence-corrected chi connectivity index (χ2v) is 7.54. The molecule has 0 spiro atoms. The molecule has 4 heterocycles. The molecule has 0 saturated heterocycles. The molecule has 0 bridgehead atoms. The molecule has 12 heteroatoms. The third-order valence-corrected chi connectivity index (χ3v) is 5.44. The van der Waals surface area contributed by atoms with Gasteiger partial charge in [-0.25, -0.2) is 4.79 Å². The number of esters is 1. The Morgan fingerprint density at radius 1 is 0.875 bits per heavy atom. The zero-order valence-corrected chi connectivity index (χ0v) is 19.7. The first-order chi connectivity index (χ1) is 14.6. The number of aromatic nitrogens is 6. The van der Waals surface area contributed by atoms with Crippen LogP contribution < -0.4 is 18.9 Å². The van der Waals surface area contributed by atoms with Gasteiger partial charge in [0, 0.05) is 50.3 Å². The predicted octanol–water partition coefficient (Wildman–Crippen LogP) is 1.03. The van der Waals surface area contributed by atoms with Gasteiger partial charge in [-0.1, -0.05) is 22.7 Å². The standard InChI is InChI=1S/C10H9N3O2S.C9H7N3OS.CH3.Li/c1-2-15-10(14)9-13-12-8(16-9)7-4-3-5-11-6-7;1-6(13)8-11-12-9(14-8)7-3-2-4-10-5-7;;/h3-6H,2H2,1H3;2-5H,1H3;1H3;/q;;2*+1. The smallest absolute Gasteiger partial charge is 0.461 e. The average molecular weight is 462 g/mol. The first-order valence-corrected chi connectivity index (χ1v) is 10.4. The molecule has 0 unspecified atom stereocenters. The number of carbonyl (C=O) groups excluding carboxylic acids is 2. The molecule has 4 aromatic heterocycles. The van der Waals surface area contributed by atoms with Gasteiger partial charge < -0.3 is 4.74 Å². The normalized spacial score (nSPS) is 9.44. The molecule has 0 atom stereocenters. The van der Waals surface area contributed by atoms with Crippen molar-refractivity contribution in [2.45, 2.75) is 13.8 Å². The SMILES string of the molecule is CC(=O)c1nnc(-c2cccnc2)s1.CCOC(=O)c1nnc(-c2cccnc2)s1.[CH3+].[Li+]. The van der Waals surface area contributed by atoms with Gasteiger partial charge in [-0.3, -0.25) is 14.8 Å². The van der Waals surface area contributed by atoms with Crippen LogP contribution in [0, 0.1) is 7.43 Å². The van der Waals surface area contributed by atoms with E-state index in [-0.39, 0.29) is 37.1 Å². The summed E-state index contributed by atoms with van der Waals surface area (Å²) < 4.78 is 4.83. The maximum atomic E-state index is 11.4. The van der Waals surface area contributed by atoms with Crippen molar-refractivity contribution in [3.8, 4) is 21.1 Å². The van der Waals surface area contributed by atoms with E-state index in [0.29, 0.717) is 16.6 Å². The molecule has 0 aliphatic carbocycles. The molecule has 0 saturated carbocycles. The van der Waals surface area contributed by atoms with E-state index in [2.05, 4.69) is 30.4 Å². The fourth-order valence-electron chi connectivity index (χ4n) is 2.08. The van der Waals surface area contributed by atoms with Crippen LogP contribution in [0.3, 0.4) is 0 Å². The van der Waals surface area contributed by atoms with Gasteiger partial charge in [0.05, 0.1) is 6.61 Å². The van der Waals surface area contributed by atoms with Crippen molar-refractivity contribution >= 4 is 34.4 Å². The van der Waals surface area contributed by atoms with Crippen molar-refractivity contribution in [2.75, 3.05) is 6.61 Å². The van der Waals surface area contributed by atoms with Gasteiger partial charge in [-0.15, -0.1) is 20.4 Å². The van der Waals surface area contributed by atoms with Crippen molar-refractivity contribution in [1.29, 1.82) is 0 Å². The molecule has 0 aliphatic rings. The maximum Gasteiger partial charge on any atom is 1.00 e. The molecular formula is C20H19LiN6O3S2+2. The third-order valence-electron chi connectivity index (χ3n) is 3.42. The van der Waals surface area contributed by atoms with Crippen molar-refractivity contribution in [3.05, 3.63) is 66.5 Å². The van der Waals surface area contributed by atoms with Crippen molar-refractivity contribution in [3.63, 3.8) is 0 Å². The Morgan fingerprint density at radius 3 is 1.78 bits per heavy atom. The van der Waals surface area contributed by atoms with Crippen molar-refractivity contribution in [2.24, 2.45) is 0 Å². The Kier molecular flexibility index (Phi) is 11.4. The molecule has 9 nitrogen and oxygen atoms in total. The van der Waals surface area contributed by atoms with Gasteiger partial charge in [-0.05, 0) is 31.2 Å². The number of ether oxygens (including phenoxy) is 1. The zero-order chi connectivity index (χ0) is 21.3. The summed E-state index contributed by atoms with van der Waals surface area (Å²) in [5, 5.41) is 17.5. The summed E-state index contributed by atoms with van der Waals surface area (Å²) in [5.74, 6) is -0.493. The first-order valence-electron chi connectivity index (χ1n) is 8.74. The second-order valence-electron chi connectivity index (χ2n) is 5.58. The summed E-state index contributed by atoms with van der Waals surface area (Å²) in [6.07, 6.45) is 6.74. The minimum Gasteiger partial charge on any atom is -0.461 e. The van der Waals surface area contributed by atoms with E-state index in [1.807, 2.05) is 18.2 Å². The summed E-state index contributed by atoms with van der Waals surface area (Å²) in [4.78, 5) is 30.3. The van der Waals surface area contributed by atoms with E-state index in [4.69, 9.17) is 4.74 Å². The van der Waals surface area contributed by atoms with Gasteiger partial charge in [0.25, 0.3) is 0 Å². The molecule has 158 valence electrons. The van der Waals surface area contributed by atoms with Crippen LogP contribution in [0.25, 0.3) is 21.1 Å². The average Bonchev–Trinajstić information content (AvgIpc) is 3.46. The monoisotopic (exact) mass is 462 g/mol. The van der Waals surface area contributed by atoms with Crippen molar-refractivity contribution in [1.82, 2.24) is 30.4 Å². The molecule has 0 amide bonds. The number of Topliss-reactive ketones (excluding diaryl/α,β-unsaturated/α-hetero) is 1. The Hall–Kier alpha value is -2.97. The van der Waals surface area contributed by atoms with E-state index >= 15 is 0 Å².